The third-order valence-electron chi connectivity index (χ3n) is 4.93. The highest BCUT2D eigenvalue weighted by molar-refractivity contribution is 5.81. The third-order valence-corrected chi connectivity index (χ3v) is 4.93. The first kappa shape index (κ1) is 17.1. The molecule has 1 fully saturated rings. The van der Waals surface area contributed by atoms with Gasteiger partial charge in [0.1, 0.15) is 0 Å². The maximum absolute atomic E-state index is 12.4. The monoisotopic (exact) mass is 301 g/mol. The summed E-state index contributed by atoms with van der Waals surface area (Å²) in [5.74, 6) is 1.55. The Balaban J connectivity index is 2.00. The molecular formula is C20H31NO. The molecule has 2 unspecified atom stereocenters. The second kappa shape index (κ2) is 6.85. The summed E-state index contributed by atoms with van der Waals surface area (Å²) < 4.78 is 0. The van der Waals surface area contributed by atoms with Crippen LogP contribution in [0.15, 0.2) is 24.3 Å². The molecule has 0 spiro atoms. The summed E-state index contributed by atoms with van der Waals surface area (Å²) in [5, 5.41) is 0. The summed E-state index contributed by atoms with van der Waals surface area (Å²) in [6, 6.07) is 8.77. The van der Waals surface area contributed by atoms with Gasteiger partial charge in [-0.3, -0.25) is 4.79 Å². The van der Waals surface area contributed by atoms with Gasteiger partial charge in [0.2, 0.25) is 5.91 Å². The van der Waals surface area contributed by atoms with E-state index in [0.29, 0.717) is 11.8 Å². The van der Waals surface area contributed by atoms with Crippen LogP contribution in [0.5, 0.6) is 0 Å². The van der Waals surface area contributed by atoms with Gasteiger partial charge in [0.05, 0.1) is 0 Å². The van der Waals surface area contributed by atoms with Crippen molar-refractivity contribution in [3.05, 3.63) is 35.4 Å². The Labute approximate surface area is 135 Å². The van der Waals surface area contributed by atoms with Gasteiger partial charge in [0.15, 0.2) is 0 Å². The van der Waals surface area contributed by atoms with Crippen LogP contribution in [-0.2, 0) is 4.79 Å². The van der Waals surface area contributed by atoms with Crippen LogP contribution in [0.3, 0.4) is 0 Å². The fraction of sp³-hybridized carbons (Fsp3) is 0.650. The van der Waals surface area contributed by atoms with Crippen molar-refractivity contribution in [2.75, 3.05) is 13.6 Å². The van der Waals surface area contributed by atoms with Crippen molar-refractivity contribution in [3.63, 3.8) is 0 Å². The van der Waals surface area contributed by atoms with Gasteiger partial charge in [-0.25, -0.2) is 0 Å². The average Bonchev–Trinajstić information content (AvgIpc) is 2.46. The van der Waals surface area contributed by atoms with Crippen LogP contribution in [0.1, 0.15) is 63.5 Å². The fourth-order valence-corrected chi connectivity index (χ4v) is 3.83. The smallest absolute Gasteiger partial charge is 0.227 e. The lowest BCUT2D eigenvalue weighted by Crippen LogP contribution is -2.40. The molecule has 22 heavy (non-hydrogen) atoms. The molecule has 0 heterocycles. The lowest BCUT2D eigenvalue weighted by molar-refractivity contribution is -0.138. The topological polar surface area (TPSA) is 20.3 Å². The molecule has 2 atom stereocenters. The number of aryl methyl sites for hydroxylation is 1. The molecule has 1 aliphatic carbocycles. The quantitative estimate of drug-likeness (QED) is 0.787. The molecule has 0 N–H and O–H groups in total. The minimum atomic E-state index is -0.279. The first-order valence-electron chi connectivity index (χ1n) is 8.60. The van der Waals surface area contributed by atoms with Crippen LogP contribution >= 0.6 is 0 Å². The number of rotatable bonds is 3. The van der Waals surface area contributed by atoms with E-state index in [4.69, 9.17) is 0 Å². The second-order valence-corrected chi connectivity index (χ2v) is 8.02. The van der Waals surface area contributed by atoms with Gasteiger partial charge in [-0.1, -0.05) is 51.5 Å². The van der Waals surface area contributed by atoms with Gasteiger partial charge in [-0.2, -0.15) is 0 Å². The second-order valence-electron chi connectivity index (χ2n) is 8.02. The minimum absolute atomic E-state index is 0.255. The Hall–Kier alpha value is -1.31. The summed E-state index contributed by atoms with van der Waals surface area (Å²) in [4.78, 5) is 14.3. The molecule has 0 aliphatic heterocycles. The first-order valence-corrected chi connectivity index (χ1v) is 8.60. The number of hydrogen-bond donors (Lipinski definition) is 0. The van der Waals surface area contributed by atoms with Gasteiger partial charge in [-0.05, 0) is 49.1 Å². The number of amides is 1. The Bertz CT molecular complexity index is 515. The molecule has 0 bridgehead atoms. The molecule has 0 saturated heterocycles. The highest BCUT2D eigenvalue weighted by Gasteiger charge is 2.29. The Morgan fingerprint density at radius 1 is 1.23 bits per heavy atom. The number of hydrogen-bond acceptors (Lipinski definition) is 1. The molecule has 1 saturated carbocycles. The molecule has 1 aromatic carbocycles. The zero-order chi connectivity index (χ0) is 16.3. The number of benzene rings is 1. The van der Waals surface area contributed by atoms with Crippen LogP contribution in [0.2, 0.25) is 0 Å². The number of nitrogens with zero attached hydrogens (tertiary/aromatic N) is 1. The van der Waals surface area contributed by atoms with Crippen molar-refractivity contribution in [1.82, 2.24) is 4.90 Å². The molecule has 0 radical (unpaired) electrons. The van der Waals surface area contributed by atoms with E-state index in [-0.39, 0.29) is 11.3 Å². The zero-order valence-corrected chi connectivity index (χ0v) is 14.9. The molecule has 2 nitrogen and oxygen atoms in total. The number of carbonyl (C=O) groups excluding carboxylic acids is 1. The van der Waals surface area contributed by atoms with Crippen molar-refractivity contribution in [3.8, 4) is 0 Å². The molecule has 0 aromatic heterocycles. The molecule has 2 rings (SSSR count). The maximum Gasteiger partial charge on any atom is 0.227 e. The van der Waals surface area contributed by atoms with E-state index in [1.165, 1.54) is 36.8 Å². The van der Waals surface area contributed by atoms with Crippen LogP contribution in [0, 0.1) is 18.3 Å². The Kier molecular flexibility index (Phi) is 5.31. The molecule has 2 heteroatoms. The predicted octanol–water partition coefficient (Wildman–Crippen LogP) is 4.77. The lowest BCUT2D eigenvalue weighted by Gasteiger charge is -2.34. The van der Waals surface area contributed by atoms with Crippen LogP contribution in [-0.4, -0.2) is 24.4 Å². The van der Waals surface area contributed by atoms with E-state index in [2.05, 4.69) is 31.2 Å². The Morgan fingerprint density at radius 2 is 1.91 bits per heavy atom. The zero-order valence-electron chi connectivity index (χ0n) is 14.9. The van der Waals surface area contributed by atoms with Crippen molar-refractivity contribution >= 4 is 5.91 Å². The summed E-state index contributed by atoms with van der Waals surface area (Å²) in [6.07, 6.45) is 5.04. The van der Waals surface area contributed by atoms with Crippen molar-refractivity contribution in [2.24, 2.45) is 11.3 Å². The SMILES string of the molecule is Cc1ccccc1C1CCCC(CN(C)C(=O)C(C)(C)C)C1. The van der Waals surface area contributed by atoms with E-state index in [1.54, 1.807) is 0 Å². The average molecular weight is 301 g/mol. The lowest BCUT2D eigenvalue weighted by atomic mass is 9.76. The highest BCUT2D eigenvalue weighted by atomic mass is 16.2. The first-order chi connectivity index (χ1) is 10.3. The number of carbonyl (C=O) groups is 1. The van der Waals surface area contributed by atoms with E-state index in [1.807, 2.05) is 32.7 Å². The fourth-order valence-electron chi connectivity index (χ4n) is 3.83. The minimum Gasteiger partial charge on any atom is -0.345 e. The summed E-state index contributed by atoms with van der Waals surface area (Å²) in [6.45, 7) is 9.13. The summed E-state index contributed by atoms with van der Waals surface area (Å²) in [5.41, 5.74) is 2.64. The van der Waals surface area contributed by atoms with Gasteiger partial charge < -0.3 is 4.90 Å². The highest BCUT2D eigenvalue weighted by Crippen LogP contribution is 2.37. The molecule has 1 amide bonds. The van der Waals surface area contributed by atoms with Gasteiger partial charge in [-0.15, -0.1) is 0 Å². The maximum atomic E-state index is 12.4. The summed E-state index contributed by atoms with van der Waals surface area (Å²) >= 11 is 0. The Morgan fingerprint density at radius 3 is 2.55 bits per heavy atom. The molecule has 1 aromatic rings. The standard InChI is InChI=1S/C20H31NO/c1-15-9-6-7-12-18(15)17-11-8-10-16(13-17)14-21(5)19(22)20(2,3)4/h6-7,9,12,16-17H,8,10-11,13-14H2,1-5H3. The van der Waals surface area contributed by atoms with Crippen molar-refractivity contribution < 1.29 is 4.79 Å². The van der Waals surface area contributed by atoms with Crippen LogP contribution in [0.4, 0.5) is 0 Å². The molecule has 1 aliphatic rings. The third kappa shape index (κ3) is 4.12. The van der Waals surface area contributed by atoms with Gasteiger partial charge in [0.25, 0.3) is 0 Å². The van der Waals surface area contributed by atoms with Crippen LogP contribution < -0.4 is 0 Å². The molecule has 122 valence electrons. The normalized spacial score (nSPS) is 22.4. The van der Waals surface area contributed by atoms with Crippen molar-refractivity contribution in [1.29, 1.82) is 0 Å². The van der Waals surface area contributed by atoms with Crippen molar-refractivity contribution in [2.45, 2.75) is 59.3 Å². The largest absolute Gasteiger partial charge is 0.345 e. The van der Waals surface area contributed by atoms with E-state index in [9.17, 15) is 4.79 Å². The van der Waals surface area contributed by atoms with Crippen LogP contribution in [0.25, 0.3) is 0 Å². The molecular weight excluding hydrogens is 270 g/mol. The van der Waals surface area contributed by atoms with Gasteiger partial charge in [0, 0.05) is 19.0 Å². The predicted molar refractivity (Wildman–Crippen MR) is 93.0 cm³/mol. The van der Waals surface area contributed by atoms with Gasteiger partial charge >= 0.3 is 0 Å². The van der Waals surface area contributed by atoms with E-state index in [0.717, 1.165) is 6.54 Å². The summed E-state index contributed by atoms with van der Waals surface area (Å²) in [7, 11) is 1.96. The van der Waals surface area contributed by atoms with E-state index >= 15 is 0 Å². The van der Waals surface area contributed by atoms with E-state index < -0.39 is 0 Å².